The van der Waals surface area contributed by atoms with Crippen LogP contribution in [0.2, 0.25) is 0 Å². The molecule has 0 N–H and O–H groups in total. The molecule has 0 aliphatic rings. The van der Waals surface area contributed by atoms with Gasteiger partial charge < -0.3 is 0 Å². The van der Waals surface area contributed by atoms with Gasteiger partial charge in [0, 0.05) is 0 Å². The maximum atomic E-state index is 2.37. The van der Waals surface area contributed by atoms with Gasteiger partial charge >= 0.3 is 0 Å². The Labute approximate surface area is 192 Å². The Morgan fingerprint density at radius 3 is 1.06 bits per heavy atom. The highest BCUT2D eigenvalue weighted by molar-refractivity contribution is 6.33. The van der Waals surface area contributed by atoms with Gasteiger partial charge in [0.25, 0.3) is 0 Å². The molecule has 0 bridgehead atoms. The van der Waals surface area contributed by atoms with Crippen LogP contribution in [0.3, 0.4) is 0 Å². The van der Waals surface area contributed by atoms with Crippen LogP contribution in [0.15, 0.2) is 109 Å². The summed E-state index contributed by atoms with van der Waals surface area (Å²) in [5, 5.41) is 18.6. The van der Waals surface area contributed by atoms with Gasteiger partial charge in [-0.15, -0.1) is 0 Å². The Kier molecular flexibility index (Phi) is 3.59. The lowest BCUT2D eigenvalue weighted by Gasteiger charge is -2.16. The quantitative estimate of drug-likeness (QED) is 0.170. The molecular weight excluding hydrogens is 396 g/mol. The van der Waals surface area contributed by atoms with Crippen molar-refractivity contribution >= 4 is 75.4 Å². The van der Waals surface area contributed by atoms with E-state index in [1.54, 1.807) is 0 Å². The van der Waals surface area contributed by atoms with E-state index in [0.717, 1.165) is 0 Å². The molecule has 0 aliphatic carbocycles. The van der Waals surface area contributed by atoms with E-state index in [9.17, 15) is 0 Å². The lowest BCUT2D eigenvalue weighted by molar-refractivity contribution is 1.79. The monoisotopic (exact) mass is 418 g/mol. The van der Waals surface area contributed by atoms with Crippen molar-refractivity contribution in [1.82, 2.24) is 0 Å². The minimum atomic E-state index is 0. The van der Waals surface area contributed by atoms with E-state index >= 15 is 0 Å². The second-order valence-electron chi connectivity index (χ2n) is 9.02. The summed E-state index contributed by atoms with van der Waals surface area (Å²) >= 11 is 0. The average Bonchev–Trinajstić information content (AvgIpc) is 2.84. The summed E-state index contributed by atoms with van der Waals surface area (Å²) < 4.78 is 0. The van der Waals surface area contributed by atoms with E-state index in [1.165, 1.54) is 75.4 Å². The summed E-state index contributed by atoms with van der Waals surface area (Å²) in [6.45, 7) is 0. The summed E-state index contributed by atoms with van der Waals surface area (Å²) in [4.78, 5) is 0. The van der Waals surface area contributed by atoms with Crippen molar-refractivity contribution in [2.45, 2.75) is 7.43 Å². The van der Waals surface area contributed by atoms with Gasteiger partial charge in [-0.05, 0) is 112 Å². The van der Waals surface area contributed by atoms with E-state index < -0.39 is 0 Å². The Morgan fingerprint density at radius 2 is 0.636 bits per heavy atom. The van der Waals surface area contributed by atoms with Gasteiger partial charge in [0.15, 0.2) is 0 Å². The number of hydrogen-bond acceptors (Lipinski definition) is 0. The van der Waals surface area contributed by atoms with Crippen molar-refractivity contribution in [3.63, 3.8) is 0 Å². The fourth-order valence-corrected chi connectivity index (χ4v) is 5.79. The minimum absolute atomic E-state index is 0. The first-order valence-electron chi connectivity index (χ1n) is 11.2. The molecule has 0 atom stereocenters. The van der Waals surface area contributed by atoms with Crippen LogP contribution < -0.4 is 0 Å². The first-order chi connectivity index (χ1) is 15.8. The van der Waals surface area contributed by atoms with Crippen molar-refractivity contribution in [3.8, 4) is 0 Å². The van der Waals surface area contributed by atoms with Gasteiger partial charge in [-0.2, -0.15) is 0 Å². The Balaban J connectivity index is 0.00000190. The normalized spacial score (nSPS) is 12.0. The zero-order valence-electron chi connectivity index (χ0n) is 17.4. The third-order valence-corrected chi connectivity index (χ3v) is 7.26. The van der Waals surface area contributed by atoms with Crippen LogP contribution >= 0.6 is 0 Å². The van der Waals surface area contributed by atoms with Gasteiger partial charge in [-0.25, -0.2) is 0 Å². The van der Waals surface area contributed by atoms with Crippen molar-refractivity contribution in [2.24, 2.45) is 0 Å². The molecule has 0 amide bonds. The molecule has 0 nitrogen and oxygen atoms in total. The van der Waals surface area contributed by atoms with Crippen LogP contribution in [0.25, 0.3) is 75.4 Å². The molecule has 0 radical (unpaired) electrons. The second-order valence-corrected chi connectivity index (χ2v) is 9.02. The Bertz CT molecular complexity index is 1880. The van der Waals surface area contributed by atoms with Crippen LogP contribution in [0, 0.1) is 0 Å². The minimum Gasteiger partial charge on any atom is -0.0776 e. The summed E-state index contributed by atoms with van der Waals surface area (Å²) in [5.41, 5.74) is 0. The molecule has 0 saturated heterocycles. The van der Waals surface area contributed by atoms with Gasteiger partial charge in [0.05, 0.1) is 0 Å². The number of benzene rings is 8. The standard InChI is InChI=1S/C32H18.CH4/c1-3-7-21-17-29-25(13-19(21)5-1)15-23-9-12-28-30-18-22-8-4-2-6-20(22)14-26(30)16-24-10-11-27(29)31(23)32(24)28;/h1-18H;1H4. The largest absolute Gasteiger partial charge is 0.0776 e. The molecule has 0 spiro atoms. The maximum absolute atomic E-state index is 2.37. The highest BCUT2D eigenvalue weighted by Crippen LogP contribution is 2.42. The first-order valence-corrected chi connectivity index (χ1v) is 11.2. The maximum Gasteiger partial charge on any atom is -0.00201 e. The van der Waals surface area contributed by atoms with Gasteiger partial charge in [0.1, 0.15) is 0 Å². The zero-order valence-corrected chi connectivity index (χ0v) is 17.4. The SMILES string of the molecule is C.c1ccc2cc3c(cc2c1)cc1ccc2c4cc5ccccc5cc4cc4ccc3c1c42. The van der Waals surface area contributed by atoms with Gasteiger partial charge in [0.2, 0.25) is 0 Å². The lowest BCUT2D eigenvalue weighted by Crippen LogP contribution is -1.88. The summed E-state index contributed by atoms with van der Waals surface area (Å²) in [6, 6.07) is 40.7. The number of hydrogen-bond donors (Lipinski definition) is 0. The smallest absolute Gasteiger partial charge is 0.00201 e. The number of fused-ring (bicyclic) bond motifs is 6. The lowest BCUT2D eigenvalue weighted by atomic mass is 9.87. The predicted molar refractivity (Wildman–Crippen MR) is 147 cm³/mol. The molecule has 0 unspecified atom stereocenters. The van der Waals surface area contributed by atoms with Crippen molar-refractivity contribution in [2.75, 3.05) is 0 Å². The third kappa shape index (κ3) is 2.41. The third-order valence-electron chi connectivity index (χ3n) is 7.26. The molecule has 33 heavy (non-hydrogen) atoms. The van der Waals surface area contributed by atoms with E-state index in [4.69, 9.17) is 0 Å². The van der Waals surface area contributed by atoms with E-state index in [1.807, 2.05) is 0 Å². The van der Waals surface area contributed by atoms with Crippen molar-refractivity contribution < 1.29 is 0 Å². The van der Waals surface area contributed by atoms with Gasteiger partial charge in [-0.1, -0.05) is 80.2 Å². The second kappa shape index (κ2) is 6.43. The predicted octanol–water partition coefficient (Wildman–Crippen LogP) is 9.83. The molecule has 0 saturated carbocycles. The van der Waals surface area contributed by atoms with Crippen LogP contribution in [-0.2, 0) is 0 Å². The van der Waals surface area contributed by atoms with Crippen LogP contribution in [0.4, 0.5) is 0 Å². The molecule has 154 valence electrons. The first kappa shape index (κ1) is 18.4. The fourth-order valence-electron chi connectivity index (χ4n) is 5.79. The molecule has 0 fully saturated rings. The number of rotatable bonds is 0. The molecule has 0 heterocycles. The van der Waals surface area contributed by atoms with Crippen molar-refractivity contribution in [1.29, 1.82) is 0 Å². The van der Waals surface area contributed by atoms with Crippen molar-refractivity contribution in [3.05, 3.63) is 109 Å². The molecule has 8 rings (SSSR count). The zero-order chi connectivity index (χ0) is 20.8. The molecule has 0 aromatic heterocycles. The van der Waals surface area contributed by atoms with Crippen LogP contribution in [0.5, 0.6) is 0 Å². The molecule has 8 aromatic carbocycles. The van der Waals surface area contributed by atoms with E-state index in [-0.39, 0.29) is 7.43 Å². The summed E-state index contributed by atoms with van der Waals surface area (Å²) in [6.07, 6.45) is 0. The van der Waals surface area contributed by atoms with Crippen LogP contribution in [0.1, 0.15) is 7.43 Å². The highest BCUT2D eigenvalue weighted by Gasteiger charge is 2.14. The average molecular weight is 419 g/mol. The topological polar surface area (TPSA) is 0 Å². The summed E-state index contributed by atoms with van der Waals surface area (Å²) in [5.74, 6) is 0. The Hall–Kier alpha value is -4.16. The Morgan fingerprint density at radius 1 is 0.273 bits per heavy atom. The van der Waals surface area contributed by atoms with Gasteiger partial charge in [-0.3, -0.25) is 0 Å². The molecule has 8 aromatic rings. The highest BCUT2D eigenvalue weighted by atomic mass is 14.2. The molecule has 0 heteroatoms. The van der Waals surface area contributed by atoms with E-state index in [0.29, 0.717) is 0 Å². The summed E-state index contributed by atoms with van der Waals surface area (Å²) in [7, 11) is 0. The van der Waals surface area contributed by atoms with Crippen LogP contribution in [-0.4, -0.2) is 0 Å². The molecular formula is C33H22. The molecule has 0 aliphatic heterocycles. The van der Waals surface area contributed by atoms with E-state index in [2.05, 4.69) is 109 Å². The fraction of sp³-hybridized carbons (Fsp3) is 0.0303.